The van der Waals surface area contributed by atoms with Crippen molar-refractivity contribution in [2.45, 2.75) is 44.4 Å². The number of carbonyl (C=O) groups excluding carboxylic acids is 1. The maximum atomic E-state index is 12.6. The molecule has 0 fully saturated rings. The highest BCUT2D eigenvalue weighted by Gasteiger charge is 2.22. The SMILES string of the molecule is O=C(Cc1cccc(CCNC[C@@H](O)c2ccc(O)c(CO)c2)c1)NC1Cc2ccccc2C1. The van der Waals surface area contributed by atoms with Gasteiger partial charge < -0.3 is 26.0 Å². The van der Waals surface area contributed by atoms with Gasteiger partial charge in [0.1, 0.15) is 5.75 Å². The van der Waals surface area contributed by atoms with Crippen molar-refractivity contribution in [3.8, 4) is 5.75 Å². The van der Waals surface area contributed by atoms with Gasteiger partial charge in [-0.05, 0) is 65.8 Å². The first-order valence-electron chi connectivity index (χ1n) is 11.8. The van der Waals surface area contributed by atoms with Gasteiger partial charge >= 0.3 is 0 Å². The molecular formula is C28H32N2O4. The highest BCUT2D eigenvalue weighted by Crippen LogP contribution is 2.23. The lowest BCUT2D eigenvalue weighted by Crippen LogP contribution is -2.36. The van der Waals surface area contributed by atoms with E-state index in [1.54, 1.807) is 12.1 Å². The molecular weight excluding hydrogens is 428 g/mol. The van der Waals surface area contributed by atoms with Gasteiger partial charge in [0.15, 0.2) is 0 Å². The van der Waals surface area contributed by atoms with Gasteiger partial charge in [-0.3, -0.25) is 4.79 Å². The van der Waals surface area contributed by atoms with Gasteiger partial charge in [-0.2, -0.15) is 0 Å². The number of rotatable bonds is 10. The van der Waals surface area contributed by atoms with Crippen LogP contribution in [0.25, 0.3) is 0 Å². The van der Waals surface area contributed by atoms with Gasteiger partial charge in [0.2, 0.25) is 5.91 Å². The summed E-state index contributed by atoms with van der Waals surface area (Å²) in [5.41, 5.74) is 5.82. The largest absolute Gasteiger partial charge is 0.508 e. The van der Waals surface area contributed by atoms with E-state index in [1.807, 2.05) is 30.3 Å². The van der Waals surface area contributed by atoms with E-state index >= 15 is 0 Å². The van der Waals surface area contributed by atoms with Crippen molar-refractivity contribution < 1.29 is 20.1 Å². The summed E-state index contributed by atoms with van der Waals surface area (Å²) in [6.45, 7) is 0.766. The summed E-state index contributed by atoms with van der Waals surface area (Å²) in [5.74, 6) is 0.0701. The van der Waals surface area contributed by atoms with E-state index in [2.05, 4.69) is 28.8 Å². The van der Waals surface area contributed by atoms with Gasteiger partial charge in [-0.1, -0.05) is 54.6 Å². The number of benzene rings is 3. The first-order valence-corrected chi connectivity index (χ1v) is 11.8. The van der Waals surface area contributed by atoms with E-state index in [4.69, 9.17) is 0 Å². The molecule has 0 bridgehead atoms. The molecule has 0 aromatic heterocycles. The van der Waals surface area contributed by atoms with Crippen LogP contribution in [0, 0.1) is 0 Å². The highest BCUT2D eigenvalue weighted by molar-refractivity contribution is 5.79. The third-order valence-corrected chi connectivity index (χ3v) is 6.36. The van der Waals surface area contributed by atoms with Crippen LogP contribution in [0.15, 0.2) is 66.7 Å². The quantitative estimate of drug-likeness (QED) is 0.299. The standard InChI is InChI=1S/C28H32N2O4/c31-18-24-14-23(8-9-26(24)32)27(33)17-29-11-10-19-4-3-5-20(12-19)13-28(34)30-25-15-21-6-1-2-7-22(21)16-25/h1-9,12,14,25,27,29,31-33H,10-11,13,15-18H2,(H,30,34)/t27-/m1/s1. The van der Waals surface area contributed by atoms with Crippen molar-refractivity contribution in [3.63, 3.8) is 0 Å². The average Bonchev–Trinajstić information content (AvgIpc) is 3.24. The Morgan fingerprint density at radius 2 is 1.71 bits per heavy atom. The lowest BCUT2D eigenvalue weighted by atomic mass is 10.0. The second-order valence-electron chi connectivity index (χ2n) is 8.95. The van der Waals surface area contributed by atoms with E-state index in [1.165, 1.54) is 17.2 Å². The Hall–Kier alpha value is -3.19. The number of phenols is 1. The third kappa shape index (κ3) is 6.23. The number of fused-ring (bicyclic) bond motifs is 1. The lowest BCUT2D eigenvalue weighted by molar-refractivity contribution is -0.121. The van der Waals surface area contributed by atoms with Crippen LogP contribution in [0.5, 0.6) is 5.75 Å². The molecule has 6 nitrogen and oxygen atoms in total. The van der Waals surface area contributed by atoms with Crippen LogP contribution in [-0.4, -0.2) is 40.4 Å². The van der Waals surface area contributed by atoms with E-state index in [9.17, 15) is 20.1 Å². The van der Waals surface area contributed by atoms with E-state index in [-0.39, 0.29) is 24.3 Å². The summed E-state index contributed by atoms with van der Waals surface area (Å²) in [4.78, 5) is 12.6. The summed E-state index contributed by atoms with van der Waals surface area (Å²) >= 11 is 0. The summed E-state index contributed by atoms with van der Waals surface area (Å²) in [6, 6.07) is 21.3. The number of amides is 1. The van der Waals surface area contributed by atoms with Crippen molar-refractivity contribution in [3.05, 3.63) is 100 Å². The summed E-state index contributed by atoms with van der Waals surface area (Å²) in [5, 5.41) is 35.7. The summed E-state index contributed by atoms with van der Waals surface area (Å²) in [7, 11) is 0. The molecule has 1 amide bonds. The third-order valence-electron chi connectivity index (χ3n) is 6.36. The van der Waals surface area contributed by atoms with Gasteiger partial charge in [-0.25, -0.2) is 0 Å². The predicted octanol–water partition coefficient (Wildman–Crippen LogP) is 2.58. The van der Waals surface area contributed by atoms with Crippen molar-refractivity contribution >= 4 is 5.91 Å². The van der Waals surface area contributed by atoms with E-state index in [0.717, 1.165) is 30.4 Å². The molecule has 3 aromatic carbocycles. The first-order chi connectivity index (χ1) is 16.5. The van der Waals surface area contributed by atoms with Gasteiger partial charge in [0, 0.05) is 18.2 Å². The number of hydrogen-bond acceptors (Lipinski definition) is 5. The molecule has 178 valence electrons. The molecule has 1 aliphatic rings. The minimum absolute atomic E-state index is 0.0216. The second-order valence-corrected chi connectivity index (χ2v) is 8.95. The molecule has 0 unspecified atom stereocenters. The number of aliphatic hydroxyl groups is 2. The minimum atomic E-state index is -0.734. The average molecular weight is 461 g/mol. The Kier molecular flexibility index (Phi) is 7.95. The molecule has 0 radical (unpaired) electrons. The second kappa shape index (κ2) is 11.3. The lowest BCUT2D eigenvalue weighted by Gasteiger charge is -2.14. The molecule has 4 rings (SSSR count). The van der Waals surface area contributed by atoms with Crippen LogP contribution in [0.3, 0.4) is 0 Å². The van der Waals surface area contributed by atoms with Gasteiger partial charge in [-0.15, -0.1) is 0 Å². The summed E-state index contributed by atoms with van der Waals surface area (Å²) in [6.07, 6.45) is 2.19. The first kappa shape index (κ1) is 24.0. The van der Waals surface area contributed by atoms with Crippen molar-refractivity contribution in [1.29, 1.82) is 0 Å². The molecule has 0 saturated carbocycles. The van der Waals surface area contributed by atoms with Crippen LogP contribution in [0.1, 0.15) is 39.5 Å². The Bertz CT molecular complexity index is 1110. The predicted molar refractivity (Wildman–Crippen MR) is 131 cm³/mol. The Balaban J connectivity index is 1.21. The fourth-order valence-corrected chi connectivity index (χ4v) is 4.55. The van der Waals surface area contributed by atoms with Crippen molar-refractivity contribution in [1.82, 2.24) is 10.6 Å². The zero-order chi connectivity index (χ0) is 23.9. The maximum Gasteiger partial charge on any atom is 0.224 e. The van der Waals surface area contributed by atoms with E-state index < -0.39 is 6.10 Å². The number of nitrogens with one attached hydrogen (secondary N) is 2. The Morgan fingerprint density at radius 1 is 0.971 bits per heavy atom. The maximum absolute atomic E-state index is 12.6. The highest BCUT2D eigenvalue weighted by atomic mass is 16.3. The van der Waals surface area contributed by atoms with Crippen LogP contribution in [0.4, 0.5) is 0 Å². The Labute approximate surface area is 200 Å². The molecule has 1 aliphatic carbocycles. The minimum Gasteiger partial charge on any atom is -0.508 e. The fourth-order valence-electron chi connectivity index (χ4n) is 4.55. The molecule has 6 heteroatoms. The topological polar surface area (TPSA) is 102 Å². The van der Waals surface area contributed by atoms with Gasteiger partial charge in [0.25, 0.3) is 0 Å². The van der Waals surface area contributed by atoms with E-state index in [0.29, 0.717) is 30.6 Å². The molecule has 0 heterocycles. The normalized spacial score (nSPS) is 14.1. The monoisotopic (exact) mass is 460 g/mol. The van der Waals surface area contributed by atoms with Crippen molar-refractivity contribution in [2.75, 3.05) is 13.1 Å². The van der Waals surface area contributed by atoms with Crippen LogP contribution in [-0.2, 0) is 37.1 Å². The molecule has 3 aromatic rings. The van der Waals surface area contributed by atoms with Crippen LogP contribution >= 0.6 is 0 Å². The molecule has 1 atom stereocenters. The number of aliphatic hydroxyl groups excluding tert-OH is 2. The molecule has 0 spiro atoms. The van der Waals surface area contributed by atoms with Crippen LogP contribution in [0.2, 0.25) is 0 Å². The molecule has 5 N–H and O–H groups in total. The molecule has 34 heavy (non-hydrogen) atoms. The zero-order valence-electron chi connectivity index (χ0n) is 19.2. The van der Waals surface area contributed by atoms with Crippen molar-refractivity contribution in [2.24, 2.45) is 0 Å². The van der Waals surface area contributed by atoms with Crippen LogP contribution < -0.4 is 10.6 Å². The zero-order valence-corrected chi connectivity index (χ0v) is 19.2. The number of carbonyl (C=O) groups is 1. The molecule has 0 saturated heterocycles. The fraction of sp³-hybridized carbons (Fsp3) is 0.321. The van der Waals surface area contributed by atoms with Gasteiger partial charge in [0.05, 0.1) is 19.1 Å². The number of hydrogen-bond donors (Lipinski definition) is 5. The summed E-state index contributed by atoms with van der Waals surface area (Å²) < 4.78 is 0. The number of aromatic hydroxyl groups is 1. The smallest absolute Gasteiger partial charge is 0.224 e. The Morgan fingerprint density at radius 3 is 2.44 bits per heavy atom. The molecule has 0 aliphatic heterocycles.